The fourth-order valence-electron chi connectivity index (χ4n) is 11.9. The van der Waals surface area contributed by atoms with Gasteiger partial charge in [0.05, 0.1) is 30.8 Å². The number of hydrogen-bond donors (Lipinski definition) is 4. The summed E-state index contributed by atoms with van der Waals surface area (Å²) in [6.45, 7) is 19.6. The SMILES string of the molecule is C/C=C(/C)C(=O)O[C@H]1[C@H](OC(=O)/C(C)=C\C)[C@]2(CO)[C@H](O)C[C@]3(C)C(=CC[C@@H]4[C@@]5(C)CC[C@H](O)[C@](C)(CO)[C@@H]5CC[C@]43C)[C@@H]2CC1(C)C. The molecule has 0 amide bonds. The lowest BCUT2D eigenvalue weighted by Crippen LogP contribution is -2.72. The van der Waals surface area contributed by atoms with E-state index in [1.807, 2.05) is 13.8 Å². The van der Waals surface area contributed by atoms with Gasteiger partial charge in [0.1, 0.15) is 6.10 Å². The summed E-state index contributed by atoms with van der Waals surface area (Å²) >= 11 is 0. The number of aliphatic hydroxyl groups is 4. The standard InChI is InChI=1S/C40H62O8/c1-11-23(3)33(45)47-31-32(48-34(46)24(4)12-2)40(22-42)26(19-35(31,5)6)25-13-14-28-36(7)17-16-29(43)37(8,21-41)27(36)15-18-38(28,9)39(25,10)20-30(40)44/h11-13,26-32,41-44H,14-22H2,1-10H3/b23-11-,24-12-/t26-,27+,28+,29-,30+,31-,32-,36-,37+,38+,39+,40-/m0/s1. The molecule has 0 aromatic carbocycles. The zero-order valence-electron chi connectivity index (χ0n) is 31.1. The lowest BCUT2D eigenvalue weighted by molar-refractivity contribution is -0.266. The van der Waals surface area contributed by atoms with Crippen molar-refractivity contribution in [3.05, 3.63) is 34.9 Å². The maximum Gasteiger partial charge on any atom is 0.333 e. The number of ether oxygens (including phenoxy) is 2. The van der Waals surface area contributed by atoms with Gasteiger partial charge in [0.2, 0.25) is 0 Å². The highest BCUT2D eigenvalue weighted by molar-refractivity contribution is 5.88. The Hall–Kier alpha value is -2.00. The van der Waals surface area contributed by atoms with Crippen LogP contribution in [0.4, 0.5) is 0 Å². The average Bonchev–Trinajstić information content (AvgIpc) is 3.03. The van der Waals surface area contributed by atoms with Gasteiger partial charge in [-0.05, 0) is 107 Å². The monoisotopic (exact) mass is 670 g/mol. The lowest BCUT2D eigenvalue weighted by Gasteiger charge is -2.72. The highest BCUT2D eigenvalue weighted by Gasteiger charge is 2.73. The van der Waals surface area contributed by atoms with Crippen LogP contribution < -0.4 is 0 Å². The first kappa shape index (κ1) is 37.3. The topological polar surface area (TPSA) is 134 Å². The second kappa shape index (κ2) is 12.3. The number of fused-ring (bicyclic) bond motifs is 7. The number of allylic oxidation sites excluding steroid dienone is 4. The first-order valence-electron chi connectivity index (χ1n) is 18.2. The molecule has 0 heterocycles. The predicted molar refractivity (Wildman–Crippen MR) is 184 cm³/mol. The molecule has 0 spiro atoms. The molecule has 0 aliphatic heterocycles. The predicted octanol–water partition coefficient (Wildman–Crippen LogP) is 6.06. The summed E-state index contributed by atoms with van der Waals surface area (Å²) in [4.78, 5) is 26.8. The number of aliphatic hydroxyl groups excluding tert-OH is 4. The molecular weight excluding hydrogens is 608 g/mol. The molecule has 8 nitrogen and oxygen atoms in total. The number of carbonyl (C=O) groups excluding carboxylic acids is 2. The van der Waals surface area contributed by atoms with Crippen LogP contribution in [0.25, 0.3) is 0 Å². The van der Waals surface area contributed by atoms with Crippen LogP contribution in [0.2, 0.25) is 0 Å². The van der Waals surface area contributed by atoms with Crippen LogP contribution in [-0.2, 0) is 19.1 Å². The number of hydrogen-bond acceptors (Lipinski definition) is 8. The molecular formula is C40H62O8. The third kappa shape index (κ3) is 4.97. The Bertz CT molecular complexity index is 1390. The van der Waals surface area contributed by atoms with Gasteiger partial charge < -0.3 is 29.9 Å². The van der Waals surface area contributed by atoms with E-state index < -0.39 is 64.6 Å². The highest BCUT2D eigenvalue weighted by Crippen LogP contribution is 2.76. The Morgan fingerprint density at radius 3 is 1.94 bits per heavy atom. The van der Waals surface area contributed by atoms with Gasteiger partial charge in [-0.1, -0.05) is 65.3 Å². The van der Waals surface area contributed by atoms with Crippen molar-refractivity contribution in [1.82, 2.24) is 0 Å². The van der Waals surface area contributed by atoms with Crippen LogP contribution in [-0.4, -0.2) is 70.0 Å². The molecule has 0 unspecified atom stereocenters. The van der Waals surface area contributed by atoms with Crippen molar-refractivity contribution in [3.8, 4) is 0 Å². The van der Waals surface area contributed by atoms with Gasteiger partial charge in [0, 0.05) is 22.0 Å². The molecule has 270 valence electrons. The van der Waals surface area contributed by atoms with Crippen molar-refractivity contribution in [2.24, 2.45) is 50.2 Å². The first-order chi connectivity index (χ1) is 22.3. The summed E-state index contributed by atoms with van der Waals surface area (Å²) < 4.78 is 12.5. The fraction of sp³-hybridized carbons (Fsp3) is 0.800. The molecule has 12 atom stereocenters. The molecule has 5 aliphatic carbocycles. The third-order valence-electron chi connectivity index (χ3n) is 15.4. The van der Waals surface area contributed by atoms with Gasteiger partial charge in [0.15, 0.2) is 6.10 Å². The molecule has 4 saturated carbocycles. The minimum atomic E-state index is -1.28. The third-order valence-corrected chi connectivity index (χ3v) is 15.4. The van der Waals surface area contributed by atoms with Crippen LogP contribution in [0.5, 0.6) is 0 Å². The van der Waals surface area contributed by atoms with E-state index in [0.717, 1.165) is 25.7 Å². The van der Waals surface area contributed by atoms with E-state index in [-0.39, 0.29) is 35.2 Å². The molecule has 48 heavy (non-hydrogen) atoms. The van der Waals surface area contributed by atoms with Gasteiger partial charge in [-0.2, -0.15) is 0 Å². The van der Waals surface area contributed by atoms with Crippen LogP contribution in [0.15, 0.2) is 34.9 Å². The van der Waals surface area contributed by atoms with Gasteiger partial charge in [-0.15, -0.1) is 0 Å². The maximum absolute atomic E-state index is 13.5. The molecule has 5 rings (SSSR count). The molecule has 0 aromatic rings. The van der Waals surface area contributed by atoms with Crippen molar-refractivity contribution in [1.29, 1.82) is 0 Å². The van der Waals surface area contributed by atoms with Gasteiger partial charge in [0.25, 0.3) is 0 Å². The molecule has 0 bridgehead atoms. The van der Waals surface area contributed by atoms with Crippen LogP contribution in [0.1, 0.15) is 114 Å². The fourth-order valence-corrected chi connectivity index (χ4v) is 11.9. The molecule has 0 aromatic heterocycles. The van der Waals surface area contributed by atoms with E-state index in [1.165, 1.54) is 5.57 Å². The largest absolute Gasteiger partial charge is 0.454 e. The summed E-state index contributed by atoms with van der Waals surface area (Å²) in [5.41, 5.74) is -1.21. The first-order valence-corrected chi connectivity index (χ1v) is 18.2. The minimum absolute atomic E-state index is 0.0444. The zero-order valence-corrected chi connectivity index (χ0v) is 31.1. The van der Waals surface area contributed by atoms with E-state index >= 15 is 0 Å². The second-order valence-electron chi connectivity index (χ2n) is 17.8. The van der Waals surface area contributed by atoms with Crippen molar-refractivity contribution >= 4 is 11.9 Å². The van der Waals surface area contributed by atoms with Crippen LogP contribution in [0.3, 0.4) is 0 Å². The second-order valence-corrected chi connectivity index (χ2v) is 17.8. The summed E-state index contributed by atoms with van der Waals surface area (Å²) in [5.74, 6) is -0.954. The van der Waals surface area contributed by atoms with E-state index in [4.69, 9.17) is 9.47 Å². The quantitative estimate of drug-likeness (QED) is 0.152. The van der Waals surface area contributed by atoms with Gasteiger partial charge in [-0.25, -0.2) is 9.59 Å². The van der Waals surface area contributed by atoms with Crippen molar-refractivity contribution < 1.29 is 39.5 Å². The van der Waals surface area contributed by atoms with Crippen LogP contribution in [0, 0.1) is 50.2 Å². The summed E-state index contributed by atoms with van der Waals surface area (Å²) in [5, 5.41) is 45.7. The molecule has 8 heteroatoms. The number of carbonyl (C=O) groups is 2. The smallest absolute Gasteiger partial charge is 0.333 e. The van der Waals surface area contributed by atoms with E-state index in [9.17, 15) is 30.0 Å². The van der Waals surface area contributed by atoms with Gasteiger partial charge in [-0.3, -0.25) is 0 Å². The summed E-state index contributed by atoms with van der Waals surface area (Å²) in [6.07, 6.45) is 7.19. The van der Waals surface area contributed by atoms with E-state index in [2.05, 4.69) is 33.8 Å². The highest BCUT2D eigenvalue weighted by atomic mass is 16.6. The minimum Gasteiger partial charge on any atom is -0.454 e. The molecule has 4 N–H and O–H groups in total. The normalized spacial score (nSPS) is 47.0. The van der Waals surface area contributed by atoms with Crippen molar-refractivity contribution in [2.75, 3.05) is 13.2 Å². The van der Waals surface area contributed by atoms with E-state index in [1.54, 1.807) is 39.8 Å². The number of esters is 2. The van der Waals surface area contributed by atoms with E-state index in [0.29, 0.717) is 30.4 Å². The Labute approximate surface area is 288 Å². The summed E-state index contributed by atoms with van der Waals surface area (Å²) in [6, 6.07) is 0. The molecule has 5 aliphatic rings. The summed E-state index contributed by atoms with van der Waals surface area (Å²) in [7, 11) is 0. The zero-order chi connectivity index (χ0) is 35.8. The Morgan fingerprint density at radius 1 is 0.812 bits per heavy atom. The van der Waals surface area contributed by atoms with Gasteiger partial charge >= 0.3 is 11.9 Å². The number of rotatable bonds is 6. The van der Waals surface area contributed by atoms with Crippen LogP contribution >= 0.6 is 0 Å². The Morgan fingerprint density at radius 2 is 1.40 bits per heavy atom. The molecule has 0 radical (unpaired) electrons. The average molecular weight is 671 g/mol. The Balaban J connectivity index is 1.65. The Kier molecular flexibility index (Phi) is 9.58. The maximum atomic E-state index is 13.5. The van der Waals surface area contributed by atoms with Crippen molar-refractivity contribution in [2.45, 2.75) is 139 Å². The van der Waals surface area contributed by atoms with Crippen molar-refractivity contribution in [3.63, 3.8) is 0 Å². The molecule has 4 fully saturated rings. The lowest BCUT2D eigenvalue weighted by atomic mass is 9.33. The molecule has 0 saturated heterocycles.